The number of benzene rings is 2. The van der Waals surface area contributed by atoms with Crippen molar-refractivity contribution in [2.75, 3.05) is 12.8 Å². The fourth-order valence-electron chi connectivity index (χ4n) is 2.69. The summed E-state index contributed by atoms with van der Waals surface area (Å²) >= 11 is 0. The lowest BCUT2D eigenvalue weighted by molar-refractivity contribution is 0.414. The van der Waals surface area contributed by atoms with E-state index >= 15 is 0 Å². The van der Waals surface area contributed by atoms with Crippen molar-refractivity contribution in [3.8, 4) is 5.75 Å². The van der Waals surface area contributed by atoms with Crippen LogP contribution in [-0.2, 0) is 13.0 Å². The number of fused-ring (bicyclic) bond motifs is 1. The van der Waals surface area contributed by atoms with Crippen LogP contribution in [0.1, 0.15) is 12.0 Å². The molecule has 3 aromatic rings. The molecule has 3 rings (SSSR count). The minimum absolute atomic E-state index is 0.849. The predicted molar refractivity (Wildman–Crippen MR) is 87.7 cm³/mol. The normalized spacial score (nSPS) is 10.9. The third-order valence-corrected chi connectivity index (χ3v) is 3.87. The molecule has 0 radical (unpaired) electrons. The van der Waals surface area contributed by atoms with Crippen LogP contribution in [0.15, 0.2) is 54.7 Å². The fourth-order valence-corrected chi connectivity index (χ4v) is 2.69. The summed E-state index contributed by atoms with van der Waals surface area (Å²) in [4.78, 5) is 0. The molecule has 0 bridgehead atoms. The highest BCUT2D eigenvalue weighted by molar-refractivity contribution is 5.91. The second-order valence-electron chi connectivity index (χ2n) is 5.24. The molecule has 21 heavy (non-hydrogen) atoms. The topological polar surface area (TPSA) is 40.2 Å². The Morgan fingerprint density at radius 1 is 1.05 bits per heavy atom. The Bertz CT molecular complexity index is 729. The van der Waals surface area contributed by atoms with Crippen LogP contribution in [0.3, 0.4) is 0 Å². The summed E-state index contributed by atoms with van der Waals surface area (Å²) in [7, 11) is 1.69. The Balaban J connectivity index is 1.65. The average molecular weight is 280 g/mol. The number of ether oxygens (including phenoxy) is 1. The van der Waals surface area contributed by atoms with Gasteiger partial charge in [-0.15, -0.1) is 0 Å². The van der Waals surface area contributed by atoms with Crippen molar-refractivity contribution in [1.82, 2.24) is 4.57 Å². The number of aromatic nitrogens is 1. The number of nitrogens with zero attached hydrogens (tertiary/aromatic N) is 1. The first kappa shape index (κ1) is 13.6. The van der Waals surface area contributed by atoms with Crippen LogP contribution in [0.25, 0.3) is 10.9 Å². The summed E-state index contributed by atoms with van der Waals surface area (Å²) in [6.45, 7) is 0.999. The zero-order valence-corrected chi connectivity index (χ0v) is 12.3. The molecular weight excluding hydrogens is 260 g/mol. The van der Waals surface area contributed by atoms with Crippen molar-refractivity contribution in [3.63, 3.8) is 0 Å². The largest absolute Gasteiger partial charge is 0.497 e. The highest BCUT2D eigenvalue weighted by atomic mass is 16.5. The number of hydrogen-bond donors (Lipinski definition) is 1. The van der Waals surface area contributed by atoms with Gasteiger partial charge in [0, 0.05) is 23.8 Å². The van der Waals surface area contributed by atoms with Gasteiger partial charge in [0.15, 0.2) is 0 Å². The van der Waals surface area contributed by atoms with Gasteiger partial charge in [-0.2, -0.15) is 0 Å². The molecule has 0 amide bonds. The van der Waals surface area contributed by atoms with Crippen LogP contribution < -0.4 is 10.5 Å². The predicted octanol–water partition coefficient (Wildman–Crippen LogP) is 3.86. The van der Waals surface area contributed by atoms with Crippen molar-refractivity contribution < 1.29 is 4.74 Å². The average Bonchev–Trinajstić information content (AvgIpc) is 2.93. The van der Waals surface area contributed by atoms with E-state index in [2.05, 4.69) is 35.0 Å². The van der Waals surface area contributed by atoms with E-state index in [0.717, 1.165) is 36.2 Å². The maximum atomic E-state index is 5.99. The van der Waals surface area contributed by atoms with E-state index in [-0.39, 0.29) is 0 Å². The number of anilines is 1. The molecule has 1 heterocycles. The fraction of sp³-hybridized carbons (Fsp3) is 0.222. The van der Waals surface area contributed by atoms with Gasteiger partial charge in [0.1, 0.15) is 5.75 Å². The molecule has 0 aliphatic rings. The summed E-state index contributed by atoms with van der Waals surface area (Å²) < 4.78 is 7.45. The lowest BCUT2D eigenvalue weighted by atomic mass is 10.1. The van der Waals surface area contributed by atoms with E-state index in [0.29, 0.717) is 0 Å². The summed E-state index contributed by atoms with van der Waals surface area (Å²) in [5.41, 5.74) is 9.39. The van der Waals surface area contributed by atoms with Crippen molar-refractivity contribution >= 4 is 16.6 Å². The minimum atomic E-state index is 0.849. The van der Waals surface area contributed by atoms with Gasteiger partial charge in [-0.3, -0.25) is 0 Å². The van der Waals surface area contributed by atoms with Crippen LogP contribution >= 0.6 is 0 Å². The molecule has 0 atom stereocenters. The van der Waals surface area contributed by atoms with Crippen molar-refractivity contribution in [3.05, 3.63) is 60.3 Å². The van der Waals surface area contributed by atoms with Gasteiger partial charge in [0.2, 0.25) is 0 Å². The van der Waals surface area contributed by atoms with Gasteiger partial charge in [0.25, 0.3) is 0 Å². The number of rotatable bonds is 5. The maximum absolute atomic E-state index is 5.99. The van der Waals surface area contributed by atoms with Crippen molar-refractivity contribution in [1.29, 1.82) is 0 Å². The van der Waals surface area contributed by atoms with Crippen LogP contribution in [0.5, 0.6) is 5.75 Å². The third kappa shape index (κ3) is 2.87. The van der Waals surface area contributed by atoms with Gasteiger partial charge in [0.05, 0.1) is 12.6 Å². The molecular formula is C18H20N2O. The lowest BCUT2D eigenvalue weighted by Gasteiger charge is -2.07. The number of hydrogen-bond acceptors (Lipinski definition) is 2. The van der Waals surface area contributed by atoms with Gasteiger partial charge < -0.3 is 15.0 Å². The molecule has 0 fully saturated rings. The highest BCUT2D eigenvalue weighted by Gasteiger charge is 2.03. The van der Waals surface area contributed by atoms with E-state index in [4.69, 9.17) is 10.5 Å². The standard InChI is InChI=1S/C18H20N2O/c1-21-15-9-7-14(8-10-15)4-3-12-20-13-11-16-17(19)5-2-6-18(16)20/h2,5-11,13H,3-4,12,19H2,1H3. The first-order valence-corrected chi connectivity index (χ1v) is 7.24. The number of nitrogen functional groups attached to an aromatic ring is 1. The van der Waals surface area contributed by atoms with Gasteiger partial charge in [-0.05, 0) is 48.7 Å². The monoisotopic (exact) mass is 280 g/mol. The quantitative estimate of drug-likeness (QED) is 0.721. The Morgan fingerprint density at radius 2 is 1.86 bits per heavy atom. The molecule has 2 aromatic carbocycles. The number of methoxy groups -OCH3 is 1. The SMILES string of the molecule is COc1ccc(CCCn2ccc3c(N)cccc32)cc1. The van der Waals surface area contributed by atoms with Gasteiger partial charge in [-0.1, -0.05) is 18.2 Å². The summed E-state index contributed by atoms with van der Waals surface area (Å²) in [6.07, 6.45) is 4.28. The first-order chi connectivity index (χ1) is 10.3. The zero-order chi connectivity index (χ0) is 14.7. The lowest BCUT2D eigenvalue weighted by Crippen LogP contribution is -1.98. The van der Waals surface area contributed by atoms with Crippen LogP contribution in [-0.4, -0.2) is 11.7 Å². The van der Waals surface area contributed by atoms with Crippen LogP contribution in [0.2, 0.25) is 0 Å². The summed E-state index contributed by atoms with van der Waals surface area (Å²) in [5.74, 6) is 0.908. The molecule has 0 spiro atoms. The van der Waals surface area contributed by atoms with Gasteiger partial charge >= 0.3 is 0 Å². The molecule has 0 saturated carbocycles. The molecule has 0 saturated heterocycles. The molecule has 0 aliphatic heterocycles. The van der Waals surface area contributed by atoms with E-state index in [1.807, 2.05) is 24.3 Å². The third-order valence-electron chi connectivity index (χ3n) is 3.87. The first-order valence-electron chi connectivity index (χ1n) is 7.24. The maximum Gasteiger partial charge on any atom is 0.118 e. The van der Waals surface area contributed by atoms with Crippen molar-refractivity contribution in [2.45, 2.75) is 19.4 Å². The molecule has 2 N–H and O–H groups in total. The molecule has 1 aromatic heterocycles. The van der Waals surface area contributed by atoms with E-state index < -0.39 is 0 Å². The van der Waals surface area contributed by atoms with E-state index in [1.165, 1.54) is 11.1 Å². The Kier molecular flexibility index (Phi) is 3.82. The Labute approximate surface area is 125 Å². The van der Waals surface area contributed by atoms with Gasteiger partial charge in [-0.25, -0.2) is 0 Å². The van der Waals surface area contributed by atoms with E-state index in [9.17, 15) is 0 Å². The summed E-state index contributed by atoms with van der Waals surface area (Å²) in [5, 5.41) is 1.14. The smallest absolute Gasteiger partial charge is 0.118 e. The Morgan fingerprint density at radius 3 is 2.62 bits per heavy atom. The number of nitrogens with two attached hydrogens (primary N) is 1. The molecule has 0 unspecified atom stereocenters. The van der Waals surface area contributed by atoms with Crippen molar-refractivity contribution in [2.24, 2.45) is 0 Å². The molecule has 0 aliphatic carbocycles. The number of aryl methyl sites for hydroxylation is 2. The van der Waals surface area contributed by atoms with Crippen LogP contribution in [0, 0.1) is 0 Å². The van der Waals surface area contributed by atoms with E-state index in [1.54, 1.807) is 7.11 Å². The molecule has 108 valence electrons. The van der Waals surface area contributed by atoms with Crippen LogP contribution in [0.4, 0.5) is 5.69 Å². The zero-order valence-electron chi connectivity index (χ0n) is 12.3. The Hall–Kier alpha value is -2.42. The summed E-state index contributed by atoms with van der Waals surface area (Å²) in [6, 6.07) is 16.5. The molecule has 3 nitrogen and oxygen atoms in total. The second-order valence-corrected chi connectivity index (χ2v) is 5.24. The minimum Gasteiger partial charge on any atom is -0.497 e. The highest BCUT2D eigenvalue weighted by Crippen LogP contribution is 2.22. The second kappa shape index (κ2) is 5.92. The molecule has 3 heteroatoms.